The highest BCUT2D eigenvalue weighted by Crippen LogP contribution is 2.44. The zero-order valence-electron chi connectivity index (χ0n) is 10.8. The van der Waals surface area contributed by atoms with Crippen LogP contribution >= 0.6 is 0 Å². The van der Waals surface area contributed by atoms with Crippen LogP contribution in [0.4, 0.5) is 13.2 Å². The summed E-state index contributed by atoms with van der Waals surface area (Å²) in [5, 5.41) is 0. The molecule has 2 bridgehead atoms. The van der Waals surface area contributed by atoms with Gasteiger partial charge in [0.25, 0.3) is 0 Å². The summed E-state index contributed by atoms with van der Waals surface area (Å²) in [6.07, 6.45) is -1.34. The molecular formula is C14H16F3NO2. The van der Waals surface area contributed by atoms with Gasteiger partial charge in [-0.05, 0) is 37.0 Å². The molecule has 0 amide bonds. The predicted octanol–water partition coefficient (Wildman–Crippen LogP) is 3.15. The average molecular weight is 287 g/mol. The third-order valence-electron chi connectivity index (χ3n) is 4.09. The van der Waals surface area contributed by atoms with Crippen LogP contribution in [0, 0.1) is 5.92 Å². The lowest BCUT2D eigenvalue weighted by molar-refractivity contribution is -0.274. The van der Waals surface area contributed by atoms with Gasteiger partial charge in [-0.3, -0.25) is 0 Å². The zero-order valence-corrected chi connectivity index (χ0v) is 10.8. The minimum absolute atomic E-state index is 0.141. The first-order chi connectivity index (χ1) is 9.42. The summed E-state index contributed by atoms with van der Waals surface area (Å²) in [6.45, 7) is 0. The lowest BCUT2D eigenvalue weighted by Crippen LogP contribution is -2.29. The molecule has 110 valence electrons. The van der Waals surface area contributed by atoms with Gasteiger partial charge >= 0.3 is 6.36 Å². The molecule has 1 aromatic carbocycles. The van der Waals surface area contributed by atoms with Gasteiger partial charge in [0.05, 0.1) is 12.2 Å². The van der Waals surface area contributed by atoms with Gasteiger partial charge in [-0.25, -0.2) is 0 Å². The summed E-state index contributed by atoms with van der Waals surface area (Å²) >= 11 is 0. The lowest BCUT2D eigenvalue weighted by atomic mass is 9.81. The Morgan fingerprint density at radius 1 is 1.30 bits per heavy atom. The molecule has 6 heteroatoms. The third-order valence-corrected chi connectivity index (χ3v) is 4.09. The van der Waals surface area contributed by atoms with Gasteiger partial charge in [0, 0.05) is 12.0 Å². The van der Waals surface area contributed by atoms with E-state index in [1.165, 1.54) is 18.2 Å². The molecule has 0 aliphatic carbocycles. The fourth-order valence-corrected chi connectivity index (χ4v) is 3.22. The van der Waals surface area contributed by atoms with E-state index < -0.39 is 6.36 Å². The van der Waals surface area contributed by atoms with Crippen molar-refractivity contribution < 1.29 is 22.6 Å². The largest absolute Gasteiger partial charge is 0.573 e. The van der Waals surface area contributed by atoms with Gasteiger partial charge in [-0.1, -0.05) is 12.1 Å². The normalized spacial score (nSPS) is 30.5. The van der Waals surface area contributed by atoms with Crippen LogP contribution in [0.2, 0.25) is 0 Å². The Labute approximate surface area is 114 Å². The van der Waals surface area contributed by atoms with Crippen molar-refractivity contribution in [3.05, 3.63) is 29.8 Å². The van der Waals surface area contributed by atoms with Gasteiger partial charge in [0.15, 0.2) is 0 Å². The molecule has 0 spiro atoms. The molecule has 0 aromatic heterocycles. The van der Waals surface area contributed by atoms with E-state index in [2.05, 4.69) is 4.74 Å². The number of benzene rings is 1. The molecule has 3 rings (SSSR count). The van der Waals surface area contributed by atoms with E-state index in [-0.39, 0.29) is 29.9 Å². The Balaban J connectivity index is 1.75. The number of alkyl halides is 3. The van der Waals surface area contributed by atoms with Gasteiger partial charge in [0.2, 0.25) is 0 Å². The first kappa shape index (κ1) is 13.7. The molecule has 2 saturated heterocycles. The monoisotopic (exact) mass is 287 g/mol. The molecule has 0 saturated carbocycles. The molecule has 1 aromatic rings. The van der Waals surface area contributed by atoms with Crippen LogP contribution < -0.4 is 10.5 Å². The van der Waals surface area contributed by atoms with E-state index in [1.54, 1.807) is 6.07 Å². The highest BCUT2D eigenvalue weighted by atomic mass is 19.4. The summed E-state index contributed by atoms with van der Waals surface area (Å²) in [7, 11) is 0. The van der Waals surface area contributed by atoms with Gasteiger partial charge < -0.3 is 15.2 Å². The zero-order chi connectivity index (χ0) is 14.3. The smallest absolute Gasteiger partial charge is 0.406 e. The van der Waals surface area contributed by atoms with Crippen molar-refractivity contribution in [2.45, 2.75) is 43.9 Å². The van der Waals surface area contributed by atoms with Crippen molar-refractivity contribution in [1.29, 1.82) is 0 Å². The SMILES string of the molecule is NC(c1cccc(OC(F)(F)F)c1)C1CC2CCC1O2. The van der Waals surface area contributed by atoms with Crippen molar-refractivity contribution in [3.8, 4) is 5.75 Å². The van der Waals surface area contributed by atoms with E-state index >= 15 is 0 Å². The van der Waals surface area contributed by atoms with E-state index in [9.17, 15) is 13.2 Å². The summed E-state index contributed by atoms with van der Waals surface area (Å²) < 4.78 is 46.3. The van der Waals surface area contributed by atoms with Crippen LogP contribution in [0.15, 0.2) is 24.3 Å². The van der Waals surface area contributed by atoms with E-state index in [0.29, 0.717) is 5.56 Å². The Kier molecular flexibility index (Phi) is 3.38. The molecule has 0 radical (unpaired) electrons. The molecule has 2 heterocycles. The number of fused-ring (bicyclic) bond motifs is 2. The van der Waals surface area contributed by atoms with Crippen molar-refractivity contribution in [2.24, 2.45) is 11.7 Å². The molecule has 2 fully saturated rings. The number of hydrogen-bond donors (Lipinski definition) is 1. The number of hydrogen-bond acceptors (Lipinski definition) is 3. The van der Waals surface area contributed by atoms with Crippen LogP contribution in [0.5, 0.6) is 5.75 Å². The van der Waals surface area contributed by atoms with Crippen LogP contribution in [-0.4, -0.2) is 18.6 Å². The van der Waals surface area contributed by atoms with Crippen LogP contribution in [0.25, 0.3) is 0 Å². The van der Waals surface area contributed by atoms with E-state index in [0.717, 1.165) is 19.3 Å². The quantitative estimate of drug-likeness (QED) is 0.928. The second-order valence-electron chi connectivity index (χ2n) is 5.42. The van der Waals surface area contributed by atoms with Crippen LogP contribution in [0.1, 0.15) is 30.9 Å². The van der Waals surface area contributed by atoms with Crippen LogP contribution in [-0.2, 0) is 4.74 Å². The predicted molar refractivity (Wildman–Crippen MR) is 66.1 cm³/mol. The minimum atomic E-state index is -4.68. The van der Waals surface area contributed by atoms with Crippen molar-refractivity contribution in [2.75, 3.05) is 0 Å². The molecular weight excluding hydrogens is 271 g/mol. The summed E-state index contributed by atoms with van der Waals surface area (Å²) in [5.74, 6) is -0.0515. The topological polar surface area (TPSA) is 44.5 Å². The Bertz CT molecular complexity index is 492. The molecule has 20 heavy (non-hydrogen) atoms. The first-order valence-electron chi connectivity index (χ1n) is 6.69. The standard InChI is InChI=1S/C14H16F3NO2/c15-14(16,17)20-10-3-1-2-8(6-10)13(18)11-7-9-4-5-12(11)19-9/h1-3,6,9,11-13H,4-5,7,18H2. The fraction of sp³-hybridized carbons (Fsp3) is 0.571. The molecule has 2 N–H and O–H groups in total. The molecule has 4 unspecified atom stereocenters. The number of nitrogens with two attached hydrogens (primary N) is 1. The third kappa shape index (κ3) is 2.76. The summed E-state index contributed by atoms with van der Waals surface area (Å²) in [5.41, 5.74) is 6.86. The average Bonchev–Trinajstić information content (AvgIpc) is 2.98. The first-order valence-corrected chi connectivity index (χ1v) is 6.69. The highest BCUT2D eigenvalue weighted by molar-refractivity contribution is 5.31. The fourth-order valence-electron chi connectivity index (χ4n) is 3.22. The van der Waals surface area contributed by atoms with Gasteiger partial charge in [0.1, 0.15) is 5.75 Å². The Morgan fingerprint density at radius 3 is 2.70 bits per heavy atom. The van der Waals surface area contributed by atoms with Crippen molar-refractivity contribution in [1.82, 2.24) is 0 Å². The minimum Gasteiger partial charge on any atom is -0.406 e. The highest BCUT2D eigenvalue weighted by Gasteiger charge is 2.43. The van der Waals surface area contributed by atoms with Gasteiger partial charge in [-0.2, -0.15) is 0 Å². The molecule has 2 aliphatic heterocycles. The molecule has 2 aliphatic rings. The lowest BCUT2D eigenvalue weighted by Gasteiger charge is -2.25. The maximum Gasteiger partial charge on any atom is 0.573 e. The molecule has 4 atom stereocenters. The Morgan fingerprint density at radius 2 is 2.10 bits per heavy atom. The number of halogens is 3. The van der Waals surface area contributed by atoms with Crippen molar-refractivity contribution >= 4 is 0 Å². The van der Waals surface area contributed by atoms with E-state index in [4.69, 9.17) is 10.5 Å². The van der Waals surface area contributed by atoms with Gasteiger partial charge in [-0.15, -0.1) is 13.2 Å². The number of ether oxygens (including phenoxy) is 2. The summed E-state index contributed by atoms with van der Waals surface area (Å²) in [6, 6.07) is 5.59. The number of rotatable bonds is 3. The van der Waals surface area contributed by atoms with Crippen LogP contribution in [0.3, 0.4) is 0 Å². The maximum atomic E-state index is 12.2. The van der Waals surface area contributed by atoms with Crippen molar-refractivity contribution in [3.63, 3.8) is 0 Å². The second kappa shape index (κ2) is 4.93. The maximum absolute atomic E-state index is 12.2. The second-order valence-corrected chi connectivity index (χ2v) is 5.42. The Hall–Kier alpha value is -1.27. The van der Waals surface area contributed by atoms with E-state index in [1.807, 2.05) is 0 Å². The summed E-state index contributed by atoms with van der Waals surface area (Å²) in [4.78, 5) is 0. The molecule has 3 nitrogen and oxygen atoms in total.